The summed E-state index contributed by atoms with van der Waals surface area (Å²) in [5.74, 6) is 1.39. The molecule has 106 valence electrons. The molecule has 0 atom stereocenters. The maximum Gasteiger partial charge on any atom is 0.212 e. The molecule has 1 aromatic heterocycles. The summed E-state index contributed by atoms with van der Waals surface area (Å²) < 4.78 is 10.6. The first-order valence-corrected chi connectivity index (χ1v) is 6.76. The second-order valence-electron chi connectivity index (χ2n) is 4.14. The maximum absolute atomic E-state index is 6.01. The lowest BCUT2D eigenvalue weighted by Crippen LogP contribution is -2.03. The Morgan fingerprint density at radius 1 is 1.25 bits per heavy atom. The number of methoxy groups -OCH3 is 1. The Bertz CT molecular complexity index is 558. The lowest BCUT2D eigenvalue weighted by molar-refractivity contribution is 0.341. The van der Waals surface area contributed by atoms with Gasteiger partial charge in [-0.05, 0) is 30.7 Å². The number of ether oxygens (including phenoxy) is 2. The molecule has 1 heterocycles. The van der Waals surface area contributed by atoms with Gasteiger partial charge in [0.2, 0.25) is 5.88 Å². The van der Waals surface area contributed by atoms with E-state index in [2.05, 4.69) is 10.3 Å². The van der Waals surface area contributed by atoms with E-state index in [0.717, 1.165) is 17.0 Å². The third kappa shape index (κ3) is 3.78. The molecular weight excluding hydrogens is 276 g/mol. The first-order chi connectivity index (χ1) is 9.72. The number of anilines is 1. The fourth-order valence-corrected chi connectivity index (χ4v) is 1.93. The van der Waals surface area contributed by atoms with Crippen LogP contribution in [-0.4, -0.2) is 18.7 Å². The summed E-state index contributed by atoms with van der Waals surface area (Å²) in [5.41, 5.74) is 1.92. The highest BCUT2D eigenvalue weighted by Crippen LogP contribution is 2.28. The predicted octanol–water partition coefficient (Wildman–Crippen LogP) is 3.75. The number of pyridine rings is 1. The SMILES string of the molecule is CCOc1ccc(Cl)cc1NCc1ccc(OC)nc1. The van der Waals surface area contributed by atoms with Crippen LogP contribution in [0.4, 0.5) is 5.69 Å². The van der Waals surface area contributed by atoms with Crippen molar-refractivity contribution in [1.82, 2.24) is 4.98 Å². The van der Waals surface area contributed by atoms with Crippen LogP contribution in [0.1, 0.15) is 12.5 Å². The Labute approximate surface area is 123 Å². The van der Waals surface area contributed by atoms with Gasteiger partial charge in [-0.25, -0.2) is 4.98 Å². The van der Waals surface area contributed by atoms with Gasteiger partial charge in [-0.2, -0.15) is 0 Å². The molecule has 0 fully saturated rings. The molecule has 1 N–H and O–H groups in total. The number of hydrogen-bond acceptors (Lipinski definition) is 4. The van der Waals surface area contributed by atoms with Crippen molar-refractivity contribution in [2.45, 2.75) is 13.5 Å². The molecule has 4 nitrogen and oxygen atoms in total. The third-order valence-electron chi connectivity index (χ3n) is 2.73. The normalized spacial score (nSPS) is 10.2. The number of rotatable bonds is 6. The van der Waals surface area contributed by atoms with Crippen molar-refractivity contribution in [2.24, 2.45) is 0 Å². The topological polar surface area (TPSA) is 43.4 Å². The number of benzene rings is 1. The Kier molecular flexibility index (Phi) is 5.07. The number of hydrogen-bond donors (Lipinski definition) is 1. The second kappa shape index (κ2) is 7.01. The van der Waals surface area contributed by atoms with E-state index in [4.69, 9.17) is 21.1 Å². The van der Waals surface area contributed by atoms with Gasteiger partial charge < -0.3 is 14.8 Å². The minimum Gasteiger partial charge on any atom is -0.492 e. The molecule has 0 saturated carbocycles. The van der Waals surface area contributed by atoms with Gasteiger partial charge in [0.1, 0.15) is 5.75 Å². The van der Waals surface area contributed by atoms with Gasteiger partial charge in [-0.15, -0.1) is 0 Å². The van der Waals surface area contributed by atoms with Gasteiger partial charge in [0.25, 0.3) is 0 Å². The van der Waals surface area contributed by atoms with Crippen molar-refractivity contribution in [3.05, 3.63) is 47.1 Å². The molecule has 0 aliphatic heterocycles. The fourth-order valence-electron chi connectivity index (χ4n) is 1.76. The Morgan fingerprint density at radius 2 is 2.10 bits per heavy atom. The Morgan fingerprint density at radius 3 is 2.75 bits per heavy atom. The third-order valence-corrected chi connectivity index (χ3v) is 2.97. The van der Waals surface area contributed by atoms with Crippen molar-refractivity contribution in [1.29, 1.82) is 0 Å². The molecule has 0 aliphatic rings. The number of nitrogens with one attached hydrogen (secondary N) is 1. The van der Waals surface area contributed by atoms with Crippen LogP contribution < -0.4 is 14.8 Å². The number of halogens is 1. The van der Waals surface area contributed by atoms with E-state index in [1.165, 1.54) is 0 Å². The van der Waals surface area contributed by atoms with E-state index in [1.54, 1.807) is 13.3 Å². The summed E-state index contributed by atoms with van der Waals surface area (Å²) in [5, 5.41) is 3.97. The van der Waals surface area contributed by atoms with Gasteiger partial charge >= 0.3 is 0 Å². The number of nitrogens with zero attached hydrogens (tertiary/aromatic N) is 1. The van der Waals surface area contributed by atoms with Crippen LogP contribution in [0.25, 0.3) is 0 Å². The van der Waals surface area contributed by atoms with Crippen LogP contribution in [-0.2, 0) is 6.54 Å². The zero-order valence-electron chi connectivity index (χ0n) is 11.5. The Hall–Kier alpha value is -1.94. The minimum absolute atomic E-state index is 0.603. The maximum atomic E-state index is 6.01. The zero-order chi connectivity index (χ0) is 14.4. The van der Waals surface area contributed by atoms with Crippen LogP contribution >= 0.6 is 11.6 Å². The van der Waals surface area contributed by atoms with Crippen LogP contribution in [0.2, 0.25) is 5.02 Å². The lowest BCUT2D eigenvalue weighted by atomic mass is 10.2. The highest BCUT2D eigenvalue weighted by Gasteiger charge is 2.04. The summed E-state index contributed by atoms with van der Waals surface area (Å²) in [6.07, 6.45) is 1.77. The summed E-state index contributed by atoms with van der Waals surface area (Å²) in [6.45, 7) is 3.20. The van der Waals surface area contributed by atoms with Crippen LogP contribution in [0, 0.1) is 0 Å². The summed E-state index contributed by atoms with van der Waals surface area (Å²) in [6, 6.07) is 9.32. The molecule has 0 saturated heterocycles. The molecule has 0 spiro atoms. The molecule has 0 unspecified atom stereocenters. The van der Waals surface area contributed by atoms with E-state index in [1.807, 2.05) is 37.3 Å². The van der Waals surface area contributed by atoms with Gasteiger partial charge in [0, 0.05) is 23.8 Å². The van der Waals surface area contributed by atoms with Crippen molar-refractivity contribution >= 4 is 17.3 Å². The van der Waals surface area contributed by atoms with E-state index in [0.29, 0.717) is 24.1 Å². The van der Waals surface area contributed by atoms with E-state index < -0.39 is 0 Å². The average Bonchev–Trinajstić information content (AvgIpc) is 2.48. The highest BCUT2D eigenvalue weighted by molar-refractivity contribution is 6.30. The molecule has 5 heteroatoms. The predicted molar refractivity (Wildman–Crippen MR) is 80.7 cm³/mol. The summed E-state index contributed by atoms with van der Waals surface area (Å²) >= 11 is 6.01. The molecule has 2 aromatic rings. The van der Waals surface area contributed by atoms with Crippen molar-refractivity contribution in [3.63, 3.8) is 0 Å². The standard InChI is InChI=1S/C15H17ClN2O2/c1-3-20-14-6-5-12(16)8-13(14)17-9-11-4-7-15(19-2)18-10-11/h4-8,10,17H,3,9H2,1-2H3. The smallest absolute Gasteiger partial charge is 0.212 e. The highest BCUT2D eigenvalue weighted by atomic mass is 35.5. The molecule has 20 heavy (non-hydrogen) atoms. The number of aromatic nitrogens is 1. The molecule has 0 aliphatic carbocycles. The lowest BCUT2D eigenvalue weighted by Gasteiger charge is -2.13. The molecule has 0 bridgehead atoms. The quantitative estimate of drug-likeness (QED) is 0.880. The molecular formula is C15H17ClN2O2. The van der Waals surface area contributed by atoms with Crippen molar-refractivity contribution in [2.75, 3.05) is 19.0 Å². The van der Waals surface area contributed by atoms with Gasteiger partial charge in [0.05, 0.1) is 19.4 Å². The van der Waals surface area contributed by atoms with E-state index in [-0.39, 0.29) is 0 Å². The van der Waals surface area contributed by atoms with Crippen molar-refractivity contribution < 1.29 is 9.47 Å². The van der Waals surface area contributed by atoms with Gasteiger partial charge in [-0.1, -0.05) is 17.7 Å². The van der Waals surface area contributed by atoms with Crippen LogP contribution in [0.5, 0.6) is 11.6 Å². The van der Waals surface area contributed by atoms with E-state index >= 15 is 0 Å². The second-order valence-corrected chi connectivity index (χ2v) is 4.57. The summed E-state index contributed by atoms with van der Waals surface area (Å²) in [4.78, 5) is 4.17. The average molecular weight is 293 g/mol. The van der Waals surface area contributed by atoms with Crippen LogP contribution in [0.15, 0.2) is 36.5 Å². The van der Waals surface area contributed by atoms with E-state index in [9.17, 15) is 0 Å². The first kappa shape index (κ1) is 14.5. The molecule has 0 amide bonds. The molecule has 1 aromatic carbocycles. The zero-order valence-corrected chi connectivity index (χ0v) is 12.3. The van der Waals surface area contributed by atoms with Gasteiger partial charge in [0.15, 0.2) is 0 Å². The molecule has 2 rings (SSSR count). The monoisotopic (exact) mass is 292 g/mol. The summed E-state index contributed by atoms with van der Waals surface area (Å²) in [7, 11) is 1.60. The largest absolute Gasteiger partial charge is 0.492 e. The van der Waals surface area contributed by atoms with Gasteiger partial charge in [-0.3, -0.25) is 0 Å². The minimum atomic E-state index is 0.603. The molecule has 0 radical (unpaired) electrons. The Balaban J connectivity index is 2.07. The van der Waals surface area contributed by atoms with Crippen LogP contribution in [0.3, 0.4) is 0 Å². The van der Waals surface area contributed by atoms with Crippen molar-refractivity contribution in [3.8, 4) is 11.6 Å². The fraction of sp³-hybridized carbons (Fsp3) is 0.267. The first-order valence-electron chi connectivity index (χ1n) is 6.38.